The number of aromatic nitrogens is 2. The van der Waals surface area contributed by atoms with Crippen molar-refractivity contribution in [3.05, 3.63) is 76.3 Å². The van der Waals surface area contributed by atoms with Gasteiger partial charge >= 0.3 is 0 Å². The SMILES string of the molecule is CC[C@H](Oc1ccc(=O)n(-c2ccc(F)cc2)n1)C(=O)NCc1ccc(OC)cc1OC. The number of hydrogen-bond acceptors (Lipinski definition) is 6. The average Bonchev–Trinajstić information content (AvgIpc) is 2.82. The molecule has 1 aromatic heterocycles. The lowest BCUT2D eigenvalue weighted by molar-refractivity contribution is -0.128. The Labute approximate surface area is 184 Å². The molecule has 0 aliphatic heterocycles. The second-order valence-corrected chi connectivity index (χ2v) is 6.81. The highest BCUT2D eigenvalue weighted by atomic mass is 19.1. The molecule has 0 spiro atoms. The minimum atomic E-state index is -0.828. The molecule has 1 atom stereocenters. The number of benzene rings is 2. The third-order valence-electron chi connectivity index (χ3n) is 4.72. The molecular weight excluding hydrogens is 417 g/mol. The Bertz CT molecular complexity index is 1130. The van der Waals surface area contributed by atoms with E-state index in [1.54, 1.807) is 39.3 Å². The summed E-state index contributed by atoms with van der Waals surface area (Å²) in [4.78, 5) is 24.9. The van der Waals surface area contributed by atoms with Gasteiger partial charge in [-0.15, -0.1) is 5.10 Å². The van der Waals surface area contributed by atoms with Crippen molar-refractivity contribution in [3.8, 4) is 23.1 Å². The molecule has 0 bridgehead atoms. The number of nitrogens with one attached hydrogen (secondary N) is 1. The van der Waals surface area contributed by atoms with E-state index in [4.69, 9.17) is 14.2 Å². The normalized spacial score (nSPS) is 11.5. The first-order valence-corrected chi connectivity index (χ1v) is 9.96. The van der Waals surface area contributed by atoms with Gasteiger partial charge in [0.15, 0.2) is 6.10 Å². The molecule has 1 N–H and O–H groups in total. The van der Waals surface area contributed by atoms with E-state index >= 15 is 0 Å². The molecule has 32 heavy (non-hydrogen) atoms. The van der Waals surface area contributed by atoms with Gasteiger partial charge in [-0.3, -0.25) is 9.59 Å². The number of halogens is 1. The Morgan fingerprint density at radius 2 is 1.84 bits per heavy atom. The number of hydrogen-bond donors (Lipinski definition) is 1. The van der Waals surface area contributed by atoms with Crippen LogP contribution in [0.15, 0.2) is 59.4 Å². The van der Waals surface area contributed by atoms with Crippen LogP contribution in [0.25, 0.3) is 5.69 Å². The van der Waals surface area contributed by atoms with Crippen LogP contribution in [0.3, 0.4) is 0 Å². The Morgan fingerprint density at radius 3 is 2.50 bits per heavy atom. The Kier molecular flexibility index (Phi) is 7.43. The van der Waals surface area contributed by atoms with Gasteiger partial charge in [-0.05, 0) is 42.8 Å². The molecule has 0 radical (unpaired) electrons. The third-order valence-corrected chi connectivity index (χ3v) is 4.72. The molecule has 0 unspecified atom stereocenters. The molecule has 0 saturated heterocycles. The molecule has 168 valence electrons. The lowest BCUT2D eigenvalue weighted by atomic mass is 10.1. The van der Waals surface area contributed by atoms with Gasteiger partial charge < -0.3 is 19.5 Å². The van der Waals surface area contributed by atoms with Crippen LogP contribution >= 0.6 is 0 Å². The monoisotopic (exact) mass is 441 g/mol. The zero-order valence-corrected chi connectivity index (χ0v) is 18.0. The predicted molar refractivity (Wildman–Crippen MR) is 116 cm³/mol. The standard InChI is InChI=1S/C23H24FN3O5/c1-4-19(23(29)25-14-15-5-10-18(30-2)13-20(15)31-3)32-21-11-12-22(28)27(26-21)17-8-6-16(24)7-9-17/h5-13,19H,4,14H2,1-3H3,(H,25,29)/t19-/m0/s1. The van der Waals surface area contributed by atoms with Crippen molar-refractivity contribution in [1.82, 2.24) is 15.1 Å². The van der Waals surface area contributed by atoms with Crippen molar-refractivity contribution in [2.24, 2.45) is 0 Å². The van der Waals surface area contributed by atoms with Crippen LogP contribution in [0.2, 0.25) is 0 Å². The van der Waals surface area contributed by atoms with Crippen LogP contribution in [0.5, 0.6) is 17.4 Å². The number of carbonyl (C=O) groups excluding carboxylic acids is 1. The van der Waals surface area contributed by atoms with Crippen molar-refractivity contribution >= 4 is 5.91 Å². The zero-order valence-electron chi connectivity index (χ0n) is 18.0. The second-order valence-electron chi connectivity index (χ2n) is 6.81. The molecule has 2 aromatic carbocycles. The molecule has 0 fully saturated rings. The van der Waals surface area contributed by atoms with E-state index in [0.29, 0.717) is 23.6 Å². The predicted octanol–water partition coefficient (Wildman–Crippen LogP) is 2.86. The molecule has 3 aromatic rings. The summed E-state index contributed by atoms with van der Waals surface area (Å²) in [6, 6.07) is 13.3. The summed E-state index contributed by atoms with van der Waals surface area (Å²) in [6.45, 7) is 2.03. The van der Waals surface area contributed by atoms with Gasteiger partial charge in [0.2, 0.25) is 5.88 Å². The first kappa shape index (κ1) is 22.8. The number of rotatable bonds is 9. The van der Waals surface area contributed by atoms with Gasteiger partial charge in [0.25, 0.3) is 11.5 Å². The minimum absolute atomic E-state index is 0.0953. The first-order valence-electron chi connectivity index (χ1n) is 9.96. The van der Waals surface area contributed by atoms with Gasteiger partial charge in [0.05, 0.1) is 19.9 Å². The summed E-state index contributed by atoms with van der Waals surface area (Å²) >= 11 is 0. The quantitative estimate of drug-likeness (QED) is 0.549. The summed E-state index contributed by atoms with van der Waals surface area (Å²) in [5, 5.41) is 6.98. The molecule has 1 amide bonds. The molecular formula is C23H24FN3O5. The Morgan fingerprint density at radius 1 is 1.09 bits per heavy atom. The molecule has 9 heteroatoms. The fourth-order valence-electron chi connectivity index (χ4n) is 2.99. The van der Waals surface area contributed by atoms with Gasteiger partial charge in [-0.1, -0.05) is 6.92 Å². The van der Waals surface area contributed by atoms with Crippen LogP contribution < -0.4 is 25.1 Å². The lowest BCUT2D eigenvalue weighted by Crippen LogP contribution is -2.38. The van der Waals surface area contributed by atoms with Gasteiger partial charge in [0, 0.05) is 30.3 Å². The van der Waals surface area contributed by atoms with Crippen molar-refractivity contribution in [2.45, 2.75) is 26.0 Å². The molecule has 0 aliphatic rings. The number of ether oxygens (including phenoxy) is 3. The van der Waals surface area contributed by atoms with Crippen LogP contribution in [0, 0.1) is 5.82 Å². The van der Waals surface area contributed by atoms with E-state index in [9.17, 15) is 14.0 Å². The zero-order chi connectivity index (χ0) is 23.1. The average molecular weight is 441 g/mol. The lowest BCUT2D eigenvalue weighted by Gasteiger charge is -2.18. The molecule has 8 nitrogen and oxygen atoms in total. The highest BCUT2D eigenvalue weighted by Crippen LogP contribution is 2.24. The summed E-state index contributed by atoms with van der Waals surface area (Å²) in [5.41, 5.74) is 0.749. The highest BCUT2D eigenvalue weighted by molar-refractivity contribution is 5.81. The Balaban J connectivity index is 1.71. The first-order chi connectivity index (χ1) is 15.4. The molecule has 1 heterocycles. The smallest absolute Gasteiger partial charge is 0.271 e. The Hall–Kier alpha value is -3.88. The van der Waals surface area contributed by atoms with E-state index in [0.717, 1.165) is 10.2 Å². The number of nitrogens with zero attached hydrogens (tertiary/aromatic N) is 2. The van der Waals surface area contributed by atoms with E-state index in [-0.39, 0.29) is 18.3 Å². The fourth-order valence-corrected chi connectivity index (χ4v) is 2.99. The van der Waals surface area contributed by atoms with E-state index in [1.165, 1.54) is 36.4 Å². The van der Waals surface area contributed by atoms with Crippen LogP contribution in [-0.2, 0) is 11.3 Å². The molecule has 3 rings (SSSR count). The summed E-state index contributed by atoms with van der Waals surface area (Å²) in [7, 11) is 3.10. The third kappa shape index (κ3) is 5.42. The van der Waals surface area contributed by atoms with Gasteiger partial charge in [0.1, 0.15) is 17.3 Å². The maximum atomic E-state index is 13.2. The largest absolute Gasteiger partial charge is 0.497 e. The van der Waals surface area contributed by atoms with Crippen molar-refractivity contribution in [3.63, 3.8) is 0 Å². The van der Waals surface area contributed by atoms with Crippen molar-refractivity contribution in [1.29, 1.82) is 0 Å². The summed E-state index contributed by atoms with van der Waals surface area (Å²) in [5.74, 6) is 0.566. The van der Waals surface area contributed by atoms with Crippen molar-refractivity contribution < 1.29 is 23.4 Å². The van der Waals surface area contributed by atoms with E-state index < -0.39 is 17.5 Å². The summed E-state index contributed by atoms with van der Waals surface area (Å²) < 4.78 is 30.5. The maximum absolute atomic E-state index is 13.2. The van der Waals surface area contributed by atoms with Crippen LogP contribution in [0.1, 0.15) is 18.9 Å². The van der Waals surface area contributed by atoms with Gasteiger partial charge in [-0.25, -0.2) is 4.39 Å². The number of amides is 1. The van der Waals surface area contributed by atoms with Crippen molar-refractivity contribution in [2.75, 3.05) is 14.2 Å². The van der Waals surface area contributed by atoms with Crippen LogP contribution in [-0.4, -0.2) is 36.0 Å². The number of carbonyl (C=O) groups is 1. The second kappa shape index (κ2) is 10.4. The maximum Gasteiger partial charge on any atom is 0.271 e. The molecule has 0 saturated carbocycles. The van der Waals surface area contributed by atoms with Gasteiger partial charge in [-0.2, -0.15) is 4.68 Å². The minimum Gasteiger partial charge on any atom is -0.497 e. The van der Waals surface area contributed by atoms with Crippen LogP contribution in [0.4, 0.5) is 4.39 Å². The number of methoxy groups -OCH3 is 2. The van der Waals surface area contributed by atoms with E-state index in [1.807, 2.05) is 0 Å². The highest BCUT2D eigenvalue weighted by Gasteiger charge is 2.20. The topological polar surface area (TPSA) is 91.7 Å². The molecule has 0 aliphatic carbocycles. The van der Waals surface area contributed by atoms with E-state index in [2.05, 4.69) is 10.4 Å². The summed E-state index contributed by atoms with van der Waals surface area (Å²) in [6.07, 6.45) is -0.450. The fraction of sp³-hybridized carbons (Fsp3) is 0.261.